The lowest BCUT2D eigenvalue weighted by atomic mass is 10.1. The molecule has 0 fully saturated rings. The van der Waals surface area contributed by atoms with Gasteiger partial charge in [-0.1, -0.05) is 65.6 Å². The zero-order chi connectivity index (χ0) is 18.2. The van der Waals surface area contributed by atoms with E-state index in [0.717, 1.165) is 21.4 Å². The number of benzene rings is 2. The Morgan fingerprint density at radius 2 is 1.85 bits per heavy atom. The Morgan fingerprint density at radius 1 is 1.08 bits per heavy atom. The second-order valence-corrected chi connectivity index (χ2v) is 7.65. The van der Waals surface area contributed by atoms with Gasteiger partial charge in [0.1, 0.15) is 5.75 Å². The maximum atomic E-state index is 12.2. The standard InChI is InChI=1S/C19H19N3O2S2/c1-2-24-16-10-8-14(9-11-16)12-17(23)20-18-21-22-19(26-18)25-13-15-6-4-3-5-7-15/h3-11H,2,12-13H2,1H3,(H,20,21,23). The highest BCUT2D eigenvalue weighted by molar-refractivity contribution is 8.00. The lowest BCUT2D eigenvalue weighted by Crippen LogP contribution is -2.14. The highest BCUT2D eigenvalue weighted by Crippen LogP contribution is 2.28. The van der Waals surface area contributed by atoms with Crippen LogP contribution in [0.15, 0.2) is 58.9 Å². The van der Waals surface area contributed by atoms with E-state index in [1.807, 2.05) is 49.4 Å². The molecule has 1 amide bonds. The van der Waals surface area contributed by atoms with E-state index in [1.165, 1.54) is 16.9 Å². The highest BCUT2D eigenvalue weighted by atomic mass is 32.2. The largest absolute Gasteiger partial charge is 0.494 e. The Kier molecular flexibility index (Phi) is 6.62. The third kappa shape index (κ3) is 5.57. The number of carbonyl (C=O) groups excluding carboxylic acids is 1. The molecule has 0 radical (unpaired) electrons. The third-order valence-electron chi connectivity index (χ3n) is 3.46. The van der Waals surface area contributed by atoms with Crippen molar-refractivity contribution >= 4 is 34.1 Å². The molecule has 0 unspecified atom stereocenters. The minimum absolute atomic E-state index is 0.107. The van der Waals surface area contributed by atoms with Crippen molar-refractivity contribution in [1.82, 2.24) is 10.2 Å². The van der Waals surface area contributed by atoms with Crippen molar-refractivity contribution in [3.8, 4) is 5.75 Å². The summed E-state index contributed by atoms with van der Waals surface area (Å²) in [5.74, 6) is 1.53. The Labute approximate surface area is 160 Å². The summed E-state index contributed by atoms with van der Waals surface area (Å²) < 4.78 is 6.24. The zero-order valence-electron chi connectivity index (χ0n) is 14.3. The molecule has 0 atom stereocenters. The molecule has 1 aromatic heterocycles. The molecule has 26 heavy (non-hydrogen) atoms. The van der Waals surface area contributed by atoms with Crippen molar-refractivity contribution in [2.24, 2.45) is 0 Å². The second-order valence-electron chi connectivity index (χ2n) is 5.45. The van der Waals surface area contributed by atoms with E-state index in [1.54, 1.807) is 11.8 Å². The van der Waals surface area contributed by atoms with Crippen molar-refractivity contribution < 1.29 is 9.53 Å². The maximum Gasteiger partial charge on any atom is 0.230 e. The quantitative estimate of drug-likeness (QED) is 0.460. The van der Waals surface area contributed by atoms with E-state index in [2.05, 4.69) is 27.6 Å². The lowest BCUT2D eigenvalue weighted by Gasteiger charge is -2.04. The van der Waals surface area contributed by atoms with Crippen LogP contribution in [0, 0.1) is 0 Å². The highest BCUT2D eigenvalue weighted by Gasteiger charge is 2.10. The average Bonchev–Trinajstić information content (AvgIpc) is 3.10. The smallest absolute Gasteiger partial charge is 0.230 e. The number of amides is 1. The van der Waals surface area contributed by atoms with E-state index in [0.29, 0.717) is 18.2 Å². The molecule has 134 valence electrons. The summed E-state index contributed by atoms with van der Waals surface area (Å²) in [6, 6.07) is 17.7. The van der Waals surface area contributed by atoms with Crippen LogP contribution < -0.4 is 10.1 Å². The number of hydrogen-bond acceptors (Lipinski definition) is 6. The predicted molar refractivity (Wildman–Crippen MR) is 106 cm³/mol. The van der Waals surface area contributed by atoms with Gasteiger partial charge in [-0.25, -0.2) is 0 Å². The summed E-state index contributed by atoms with van der Waals surface area (Å²) in [6.07, 6.45) is 0.290. The van der Waals surface area contributed by atoms with Crippen LogP contribution in [0.2, 0.25) is 0 Å². The van der Waals surface area contributed by atoms with Crippen LogP contribution in [-0.4, -0.2) is 22.7 Å². The minimum Gasteiger partial charge on any atom is -0.494 e. The normalized spacial score (nSPS) is 10.5. The summed E-state index contributed by atoms with van der Waals surface area (Å²) in [5, 5.41) is 11.5. The molecule has 5 nitrogen and oxygen atoms in total. The number of nitrogens with one attached hydrogen (secondary N) is 1. The van der Waals surface area contributed by atoms with Crippen LogP contribution in [-0.2, 0) is 17.0 Å². The zero-order valence-corrected chi connectivity index (χ0v) is 16.0. The van der Waals surface area contributed by atoms with Crippen LogP contribution in [0.1, 0.15) is 18.1 Å². The van der Waals surface area contributed by atoms with Crippen LogP contribution in [0.25, 0.3) is 0 Å². The number of hydrogen-bond donors (Lipinski definition) is 1. The first kappa shape index (κ1) is 18.4. The Bertz CT molecular complexity index is 836. The van der Waals surface area contributed by atoms with Crippen molar-refractivity contribution in [3.63, 3.8) is 0 Å². The van der Waals surface area contributed by atoms with Gasteiger partial charge in [0, 0.05) is 5.75 Å². The van der Waals surface area contributed by atoms with Crippen LogP contribution in [0.4, 0.5) is 5.13 Å². The van der Waals surface area contributed by atoms with Crippen LogP contribution in [0.3, 0.4) is 0 Å². The van der Waals surface area contributed by atoms with Gasteiger partial charge < -0.3 is 10.1 Å². The van der Waals surface area contributed by atoms with E-state index < -0.39 is 0 Å². The number of ether oxygens (including phenoxy) is 1. The van der Waals surface area contributed by atoms with Gasteiger partial charge in [-0.3, -0.25) is 4.79 Å². The van der Waals surface area contributed by atoms with Gasteiger partial charge >= 0.3 is 0 Å². The van der Waals surface area contributed by atoms with Crippen molar-refractivity contribution in [2.75, 3.05) is 11.9 Å². The first-order valence-electron chi connectivity index (χ1n) is 8.25. The molecule has 3 rings (SSSR count). The number of aromatic nitrogens is 2. The molecule has 0 saturated heterocycles. The van der Waals surface area contributed by atoms with Crippen molar-refractivity contribution in [2.45, 2.75) is 23.4 Å². The molecular weight excluding hydrogens is 366 g/mol. The van der Waals surface area contributed by atoms with E-state index in [9.17, 15) is 4.79 Å². The number of anilines is 1. The lowest BCUT2D eigenvalue weighted by molar-refractivity contribution is -0.115. The first-order valence-corrected chi connectivity index (χ1v) is 10.0. The van der Waals surface area contributed by atoms with Crippen LogP contribution >= 0.6 is 23.1 Å². The third-order valence-corrected chi connectivity index (χ3v) is 5.50. The van der Waals surface area contributed by atoms with Gasteiger partial charge in [-0.15, -0.1) is 10.2 Å². The van der Waals surface area contributed by atoms with Gasteiger partial charge in [0.15, 0.2) is 4.34 Å². The fourth-order valence-electron chi connectivity index (χ4n) is 2.26. The van der Waals surface area contributed by atoms with Crippen molar-refractivity contribution in [3.05, 3.63) is 65.7 Å². The van der Waals surface area contributed by atoms with E-state index >= 15 is 0 Å². The molecule has 2 aromatic carbocycles. The van der Waals surface area contributed by atoms with Gasteiger partial charge in [0.25, 0.3) is 0 Å². The minimum atomic E-state index is -0.107. The number of carbonyl (C=O) groups is 1. The SMILES string of the molecule is CCOc1ccc(CC(=O)Nc2nnc(SCc3ccccc3)s2)cc1. The predicted octanol–water partition coefficient (Wildman–Crippen LogP) is 4.41. The number of nitrogens with zero attached hydrogens (tertiary/aromatic N) is 2. The fourth-order valence-corrected chi connectivity index (χ4v) is 3.98. The molecule has 0 aliphatic carbocycles. The number of rotatable bonds is 8. The van der Waals surface area contributed by atoms with Gasteiger partial charge in [-0.05, 0) is 30.2 Å². The summed E-state index contributed by atoms with van der Waals surface area (Å²) in [4.78, 5) is 12.2. The van der Waals surface area contributed by atoms with Crippen molar-refractivity contribution in [1.29, 1.82) is 0 Å². The molecular formula is C19H19N3O2S2. The Balaban J connectivity index is 1.49. The topological polar surface area (TPSA) is 64.1 Å². The van der Waals surface area contributed by atoms with E-state index in [4.69, 9.17) is 4.74 Å². The first-order chi connectivity index (χ1) is 12.7. The monoisotopic (exact) mass is 385 g/mol. The Morgan fingerprint density at radius 3 is 2.58 bits per heavy atom. The molecule has 0 aliphatic heterocycles. The molecule has 0 bridgehead atoms. The molecule has 0 spiro atoms. The second kappa shape index (κ2) is 9.35. The summed E-state index contributed by atoms with van der Waals surface area (Å²) in [6.45, 7) is 2.57. The van der Waals surface area contributed by atoms with Gasteiger partial charge in [-0.2, -0.15) is 0 Å². The molecule has 1 N–H and O–H groups in total. The molecule has 1 heterocycles. The van der Waals surface area contributed by atoms with Crippen LogP contribution in [0.5, 0.6) is 5.75 Å². The molecule has 7 heteroatoms. The molecule has 3 aromatic rings. The van der Waals surface area contributed by atoms with E-state index in [-0.39, 0.29) is 5.91 Å². The molecule has 0 saturated carbocycles. The maximum absolute atomic E-state index is 12.2. The van der Waals surface area contributed by atoms with Gasteiger partial charge in [0.05, 0.1) is 13.0 Å². The summed E-state index contributed by atoms with van der Waals surface area (Å²) in [7, 11) is 0. The number of thioether (sulfide) groups is 1. The molecule has 0 aliphatic rings. The van der Waals surface area contributed by atoms with Gasteiger partial charge in [0.2, 0.25) is 11.0 Å². The Hall–Kier alpha value is -2.38. The summed E-state index contributed by atoms with van der Waals surface area (Å²) >= 11 is 3.00. The summed E-state index contributed by atoms with van der Waals surface area (Å²) in [5.41, 5.74) is 2.16. The fraction of sp³-hybridized carbons (Fsp3) is 0.211. The average molecular weight is 386 g/mol.